The van der Waals surface area contributed by atoms with E-state index in [1.54, 1.807) is 11.3 Å². The van der Waals surface area contributed by atoms with E-state index >= 15 is 0 Å². The molecule has 0 bridgehead atoms. The summed E-state index contributed by atoms with van der Waals surface area (Å²) in [6, 6.07) is 8.17. The van der Waals surface area contributed by atoms with Gasteiger partial charge in [0.2, 0.25) is 0 Å². The van der Waals surface area contributed by atoms with Gasteiger partial charge in [-0.15, -0.1) is 11.3 Å². The second kappa shape index (κ2) is 4.47. The van der Waals surface area contributed by atoms with E-state index in [1.807, 2.05) is 18.3 Å². The highest BCUT2D eigenvalue weighted by Gasteiger charge is 2.02. The molecule has 0 amide bonds. The normalized spacial score (nSPS) is 10.4. The predicted octanol–water partition coefficient (Wildman–Crippen LogP) is 4.00. The van der Waals surface area contributed by atoms with Gasteiger partial charge in [-0.1, -0.05) is 28.1 Å². The molecular weight excluding hydrogens is 278 g/mol. The SMILES string of the molecule is SCc1cnc(-c2ccc(Br)cc2)s1. The number of aromatic nitrogens is 1. The molecule has 0 saturated heterocycles. The largest absolute Gasteiger partial charge is 0.244 e. The van der Waals surface area contributed by atoms with Gasteiger partial charge in [-0.3, -0.25) is 0 Å². The van der Waals surface area contributed by atoms with Crippen LogP contribution in [0.25, 0.3) is 10.6 Å². The molecule has 0 aliphatic heterocycles. The van der Waals surface area contributed by atoms with Crippen LogP contribution >= 0.6 is 39.9 Å². The molecule has 1 aromatic heterocycles. The lowest BCUT2D eigenvalue weighted by Gasteiger charge is -1.95. The number of hydrogen-bond acceptors (Lipinski definition) is 3. The number of benzene rings is 1. The Morgan fingerprint density at radius 1 is 1.29 bits per heavy atom. The second-order valence-electron chi connectivity index (χ2n) is 2.80. The predicted molar refractivity (Wildman–Crippen MR) is 67.9 cm³/mol. The average Bonchev–Trinajstić information content (AvgIpc) is 2.67. The number of rotatable bonds is 2. The summed E-state index contributed by atoms with van der Waals surface area (Å²) in [4.78, 5) is 5.54. The summed E-state index contributed by atoms with van der Waals surface area (Å²) in [6.45, 7) is 0. The first-order chi connectivity index (χ1) is 6.79. The van der Waals surface area contributed by atoms with E-state index in [0.29, 0.717) is 0 Å². The summed E-state index contributed by atoms with van der Waals surface area (Å²) in [7, 11) is 0. The molecule has 1 aromatic carbocycles. The molecule has 4 heteroatoms. The minimum atomic E-state index is 0.758. The molecule has 2 rings (SSSR count). The van der Waals surface area contributed by atoms with Crippen molar-refractivity contribution in [2.75, 3.05) is 0 Å². The molecule has 0 spiro atoms. The Kier molecular flexibility index (Phi) is 3.26. The van der Waals surface area contributed by atoms with Crippen LogP contribution in [0.2, 0.25) is 0 Å². The van der Waals surface area contributed by atoms with Crippen molar-refractivity contribution in [3.05, 3.63) is 39.8 Å². The standard InChI is InChI=1S/C10H8BrNS2/c11-8-3-1-7(2-4-8)10-12-5-9(6-13)14-10/h1-5,13H,6H2. The third-order valence-electron chi connectivity index (χ3n) is 1.80. The maximum atomic E-state index is 4.34. The Morgan fingerprint density at radius 2 is 2.00 bits per heavy atom. The van der Waals surface area contributed by atoms with Gasteiger partial charge < -0.3 is 0 Å². The maximum Gasteiger partial charge on any atom is 0.123 e. The lowest BCUT2D eigenvalue weighted by Crippen LogP contribution is -1.73. The quantitative estimate of drug-likeness (QED) is 0.823. The summed E-state index contributed by atoms with van der Waals surface area (Å²) in [6.07, 6.45) is 1.88. The average molecular weight is 286 g/mol. The van der Waals surface area contributed by atoms with Crippen molar-refractivity contribution in [3.8, 4) is 10.6 Å². The van der Waals surface area contributed by atoms with Gasteiger partial charge in [0.1, 0.15) is 5.01 Å². The minimum Gasteiger partial charge on any atom is -0.244 e. The van der Waals surface area contributed by atoms with Crippen LogP contribution in [0, 0.1) is 0 Å². The Hall–Kier alpha value is -0.320. The zero-order valence-electron chi connectivity index (χ0n) is 7.27. The van der Waals surface area contributed by atoms with Gasteiger partial charge in [0.25, 0.3) is 0 Å². The molecule has 0 N–H and O–H groups in total. The Labute approximate surface area is 101 Å². The van der Waals surface area contributed by atoms with Crippen molar-refractivity contribution >= 4 is 39.9 Å². The van der Waals surface area contributed by atoms with Crippen LogP contribution in [0.5, 0.6) is 0 Å². The Morgan fingerprint density at radius 3 is 2.57 bits per heavy atom. The highest BCUT2D eigenvalue weighted by molar-refractivity contribution is 9.10. The minimum absolute atomic E-state index is 0.758. The second-order valence-corrected chi connectivity index (χ2v) is 5.14. The van der Waals surface area contributed by atoms with Crippen molar-refractivity contribution < 1.29 is 0 Å². The summed E-state index contributed by atoms with van der Waals surface area (Å²) in [5.74, 6) is 0.758. The summed E-state index contributed by atoms with van der Waals surface area (Å²) in [5, 5.41) is 1.06. The zero-order valence-corrected chi connectivity index (χ0v) is 10.6. The molecule has 0 aliphatic rings. The summed E-state index contributed by atoms with van der Waals surface area (Å²) < 4.78 is 1.09. The van der Waals surface area contributed by atoms with Gasteiger partial charge in [-0.25, -0.2) is 4.98 Å². The van der Waals surface area contributed by atoms with E-state index in [2.05, 4.69) is 45.7 Å². The van der Waals surface area contributed by atoms with Crippen LogP contribution in [0.3, 0.4) is 0 Å². The monoisotopic (exact) mass is 285 g/mol. The summed E-state index contributed by atoms with van der Waals surface area (Å²) >= 11 is 9.31. The lowest BCUT2D eigenvalue weighted by molar-refractivity contribution is 1.37. The van der Waals surface area contributed by atoms with Gasteiger partial charge in [0.05, 0.1) is 0 Å². The Bertz CT molecular complexity index is 422. The molecule has 1 nitrogen and oxygen atoms in total. The molecule has 72 valence electrons. The van der Waals surface area contributed by atoms with Crippen LogP contribution < -0.4 is 0 Å². The number of thiazole rings is 1. The van der Waals surface area contributed by atoms with Crippen molar-refractivity contribution in [3.63, 3.8) is 0 Å². The third-order valence-corrected chi connectivity index (χ3v) is 3.93. The van der Waals surface area contributed by atoms with E-state index < -0.39 is 0 Å². The maximum absolute atomic E-state index is 4.34. The van der Waals surface area contributed by atoms with Crippen molar-refractivity contribution in [1.29, 1.82) is 0 Å². The Balaban J connectivity index is 2.34. The number of nitrogens with zero attached hydrogens (tertiary/aromatic N) is 1. The van der Waals surface area contributed by atoms with Crippen LogP contribution in [-0.2, 0) is 5.75 Å². The van der Waals surface area contributed by atoms with Crippen LogP contribution in [0.15, 0.2) is 34.9 Å². The van der Waals surface area contributed by atoms with Crippen molar-refractivity contribution in [2.45, 2.75) is 5.75 Å². The molecule has 0 radical (unpaired) electrons. The molecule has 0 saturated carbocycles. The van der Waals surface area contributed by atoms with Gasteiger partial charge in [0.15, 0.2) is 0 Å². The van der Waals surface area contributed by atoms with Gasteiger partial charge in [0, 0.05) is 26.9 Å². The van der Waals surface area contributed by atoms with E-state index in [-0.39, 0.29) is 0 Å². The third kappa shape index (κ3) is 2.19. The molecule has 0 fully saturated rings. The first-order valence-electron chi connectivity index (χ1n) is 4.11. The fraction of sp³-hybridized carbons (Fsp3) is 0.100. The molecule has 14 heavy (non-hydrogen) atoms. The van der Waals surface area contributed by atoms with Crippen LogP contribution in [0.1, 0.15) is 4.88 Å². The topological polar surface area (TPSA) is 12.9 Å². The molecule has 0 unspecified atom stereocenters. The van der Waals surface area contributed by atoms with Crippen LogP contribution in [-0.4, -0.2) is 4.98 Å². The van der Waals surface area contributed by atoms with Crippen LogP contribution in [0.4, 0.5) is 0 Å². The van der Waals surface area contributed by atoms with Crippen molar-refractivity contribution in [1.82, 2.24) is 4.98 Å². The molecule has 1 heterocycles. The number of hydrogen-bond donors (Lipinski definition) is 1. The highest BCUT2D eigenvalue weighted by atomic mass is 79.9. The smallest absolute Gasteiger partial charge is 0.123 e. The molecular formula is C10H8BrNS2. The highest BCUT2D eigenvalue weighted by Crippen LogP contribution is 2.26. The molecule has 0 atom stereocenters. The fourth-order valence-electron chi connectivity index (χ4n) is 1.11. The number of thiol groups is 1. The zero-order chi connectivity index (χ0) is 9.97. The van der Waals surface area contributed by atoms with E-state index in [0.717, 1.165) is 20.8 Å². The molecule has 0 aliphatic carbocycles. The van der Waals surface area contributed by atoms with Gasteiger partial charge >= 0.3 is 0 Å². The van der Waals surface area contributed by atoms with Gasteiger partial charge in [-0.2, -0.15) is 12.6 Å². The van der Waals surface area contributed by atoms with Crippen molar-refractivity contribution in [2.24, 2.45) is 0 Å². The summed E-state index contributed by atoms with van der Waals surface area (Å²) in [5.41, 5.74) is 1.16. The lowest BCUT2D eigenvalue weighted by atomic mass is 10.2. The van der Waals surface area contributed by atoms with E-state index in [9.17, 15) is 0 Å². The van der Waals surface area contributed by atoms with E-state index in [1.165, 1.54) is 4.88 Å². The fourth-order valence-corrected chi connectivity index (χ4v) is 2.42. The van der Waals surface area contributed by atoms with E-state index in [4.69, 9.17) is 0 Å². The van der Waals surface area contributed by atoms with Gasteiger partial charge in [-0.05, 0) is 12.1 Å². The first-order valence-corrected chi connectivity index (χ1v) is 6.35. The first kappa shape index (κ1) is 10.2. The number of halogens is 1. The molecule has 2 aromatic rings.